The smallest absolute Gasteiger partial charge is 0.319 e. The Balaban J connectivity index is -0.0000000417. The van der Waals surface area contributed by atoms with Gasteiger partial charge in [-0.15, -0.1) is 0 Å². The first-order valence-electron chi connectivity index (χ1n) is 4.89. The molecular formula is C7H24O6P2S2Zn. The van der Waals surface area contributed by atoms with E-state index in [1.165, 1.54) is 19.3 Å². The van der Waals surface area contributed by atoms with Crippen molar-refractivity contribution in [2.24, 2.45) is 0 Å². The zero-order chi connectivity index (χ0) is 15.1. The van der Waals surface area contributed by atoms with Gasteiger partial charge in [-0.2, -0.15) is 0 Å². The first-order valence-corrected chi connectivity index (χ1v) is 10.2. The number of rotatable bonds is 1. The van der Waals surface area contributed by atoms with E-state index in [4.69, 9.17) is 29.4 Å². The van der Waals surface area contributed by atoms with Crippen LogP contribution in [0.15, 0.2) is 0 Å². The van der Waals surface area contributed by atoms with Crippen molar-refractivity contribution in [1.82, 2.24) is 0 Å². The van der Waals surface area contributed by atoms with Gasteiger partial charge >= 0.3 is 13.4 Å². The summed E-state index contributed by atoms with van der Waals surface area (Å²) >= 11 is 7.21. The third kappa shape index (κ3) is 684. The largest absolute Gasteiger partial charge is 0.325 e. The summed E-state index contributed by atoms with van der Waals surface area (Å²) in [6, 6.07) is 0. The zero-order valence-corrected chi connectivity index (χ0v) is 17.6. The molecule has 6 N–H and O–H groups in total. The first kappa shape index (κ1) is 31.9. The predicted molar refractivity (Wildman–Crippen MR) is 78.4 cm³/mol. The second-order valence-corrected chi connectivity index (χ2v) is 7.73. The fourth-order valence-corrected chi connectivity index (χ4v) is 0. The molecule has 0 amide bonds. The van der Waals surface area contributed by atoms with Crippen molar-refractivity contribution < 1.29 is 48.8 Å². The van der Waals surface area contributed by atoms with Gasteiger partial charge in [0.25, 0.3) is 0 Å². The predicted octanol–water partition coefficient (Wildman–Crippen LogP) is 1.60. The van der Waals surface area contributed by atoms with E-state index < -0.39 is 13.4 Å². The molecule has 0 rings (SSSR count). The Morgan fingerprint density at radius 2 is 0.722 bits per heavy atom. The molecule has 0 heterocycles. The van der Waals surface area contributed by atoms with Crippen LogP contribution in [-0.2, 0) is 43.1 Å². The molecule has 11 heteroatoms. The van der Waals surface area contributed by atoms with Crippen LogP contribution in [0.25, 0.3) is 0 Å². The number of unbranched alkanes of at least 4 members (excludes halogenated alkanes) is 1. The molecule has 6 nitrogen and oxygen atoms in total. The SMILES string of the molecule is CCC.CCCC.OP(O)(O)=S.OP(O)(O)=S.[Zn]. The van der Waals surface area contributed by atoms with E-state index in [2.05, 4.69) is 51.3 Å². The average Bonchev–Trinajstić information content (AvgIpc) is 1.99. The van der Waals surface area contributed by atoms with Crippen molar-refractivity contribution in [3.05, 3.63) is 0 Å². The average molecular weight is 396 g/mol. The summed E-state index contributed by atoms with van der Waals surface area (Å²) in [4.78, 5) is 45.3. The third-order valence-electron chi connectivity index (χ3n) is 0.500. The van der Waals surface area contributed by atoms with Crippen molar-refractivity contribution in [3.63, 3.8) is 0 Å². The summed E-state index contributed by atoms with van der Waals surface area (Å²) in [5.74, 6) is 0. The molecule has 0 radical (unpaired) electrons. The van der Waals surface area contributed by atoms with E-state index in [0.717, 1.165) is 0 Å². The van der Waals surface area contributed by atoms with Gasteiger partial charge in [-0.25, -0.2) is 0 Å². The van der Waals surface area contributed by atoms with Crippen molar-refractivity contribution in [3.8, 4) is 0 Å². The molecule has 0 aliphatic carbocycles. The maximum Gasteiger partial charge on any atom is 0.319 e. The second-order valence-electron chi connectivity index (χ2n) is 2.73. The maximum atomic E-state index is 7.56. The molecular weight excluding hydrogens is 372 g/mol. The van der Waals surface area contributed by atoms with Crippen LogP contribution in [0.5, 0.6) is 0 Å². The van der Waals surface area contributed by atoms with E-state index in [9.17, 15) is 0 Å². The van der Waals surface area contributed by atoms with Crippen molar-refractivity contribution in [2.75, 3.05) is 0 Å². The summed E-state index contributed by atoms with van der Waals surface area (Å²) in [7, 11) is 0. The van der Waals surface area contributed by atoms with E-state index in [1.807, 2.05) is 0 Å². The first-order chi connectivity index (χ1) is 7.33. The molecule has 0 aliphatic rings. The second kappa shape index (κ2) is 21.0. The van der Waals surface area contributed by atoms with Crippen molar-refractivity contribution >= 4 is 37.1 Å². The minimum absolute atomic E-state index is 0. The number of hydrogen-bond donors (Lipinski definition) is 6. The summed E-state index contributed by atoms with van der Waals surface area (Å²) < 4.78 is 0. The minimum atomic E-state index is -3.81. The van der Waals surface area contributed by atoms with E-state index >= 15 is 0 Å². The summed E-state index contributed by atoms with van der Waals surface area (Å²) in [6.07, 6.45) is 3.89. The molecule has 0 fully saturated rings. The molecule has 0 aromatic heterocycles. The van der Waals surface area contributed by atoms with E-state index in [-0.39, 0.29) is 19.5 Å². The van der Waals surface area contributed by atoms with Gasteiger partial charge < -0.3 is 29.4 Å². The molecule has 0 spiro atoms. The quantitative estimate of drug-likeness (QED) is 0.292. The third-order valence-corrected chi connectivity index (χ3v) is 0.500. The van der Waals surface area contributed by atoms with Gasteiger partial charge in [0.2, 0.25) is 0 Å². The van der Waals surface area contributed by atoms with Gasteiger partial charge in [0.15, 0.2) is 0 Å². The molecule has 0 unspecified atom stereocenters. The Morgan fingerprint density at radius 1 is 0.667 bits per heavy atom. The summed E-state index contributed by atoms with van der Waals surface area (Å²) in [5.41, 5.74) is 0. The van der Waals surface area contributed by atoms with Gasteiger partial charge in [0.1, 0.15) is 0 Å². The Labute approximate surface area is 132 Å². The Hall–Kier alpha value is 1.68. The Kier molecular flexibility index (Phi) is 37.2. The van der Waals surface area contributed by atoms with Crippen molar-refractivity contribution in [2.45, 2.75) is 47.0 Å². The molecule has 0 aromatic carbocycles. The van der Waals surface area contributed by atoms with E-state index in [0.29, 0.717) is 0 Å². The molecule has 0 saturated heterocycles. The van der Waals surface area contributed by atoms with Gasteiger partial charge in [0, 0.05) is 19.5 Å². The number of hydrogen-bond acceptors (Lipinski definition) is 2. The molecule has 18 heavy (non-hydrogen) atoms. The maximum absolute atomic E-state index is 7.56. The van der Waals surface area contributed by atoms with E-state index in [1.54, 1.807) is 0 Å². The normalized spacial score (nSPS) is 9.22. The standard InChI is InChI=1S/C4H10.C3H8.2H3O3PS.Zn/c1-3-4-2;1-3-2;2*1-4(2,3)5;/h3-4H2,1-2H3;3H2,1-2H3;2*(H3,1,2,3,5);. The molecule has 0 bridgehead atoms. The summed E-state index contributed by atoms with van der Waals surface area (Å²) in [5, 5.41) is 0. The van der Waals surface area contributed by atoms with Gasteiger partial charge in [-0.3, -0.25) is 0 Å². The van der Waals surface area contributed by atoms with Crippen LogP contribution in [0.2, 0.25) is 0 Å². The molecule has 0 saturated carbocycles. The Bertz CT molecular complexity index is 181. The van der Waals surface area contributed by atoms with Gasteiger partial charge in [-0.1, -0.05) is 47.0 Å². The van der Waals surface area contributed by atoms with Crippen LogP contribution in [0.1, 0.15) is 47.0 Å². The van der Waals surface area contributed by atoms with Crippen LogP contribution in [0.4, 0.5) is 0 Å². The molecule has 112 valence electrons. The van der Waals surface area contributed by atoms with Crippen LogP contribution in [0, 0.1) is 0 Å². The monoisotopic (exact) mass is 394 g/mol. The van der Waals surface area contributed by atoms with Crippen LogP contribution in [0.3, 0.4) is 0 Å². The summed E-state index contributed by atoms with van der Waals surface area (Å²) in [6.45, 7) is 1.00. The molecule has 0 aliphatic heterocycles. The van der Waals surface area contributed by atoms with Crippen LogP contribution >= 0.6 is 13.4 Å². The Morgan fingerprint density at radius 3 is 0.722 bits per heavy atom. The van der Waals surface area contributed by atoms with Crippen molar-refractivity contribution in [1.29, 1.82) is 0 Å². The van der Waals surface area contributed by atoms with Crippen LogP contribution in [-0.4, -0.2) is 29.4 Å². The van der Waals surface area contributed by atoms with Gasteiger partial charge in [0.05, 0.1) is 0 Å². The molecule has 0 atom stereocenters. The van der Waals surface area contributed by atoms with Crippen LogP contribution < -0.4 is 0 Å². The minimum Gasteiger partial charge on any atom is -0.325 e. The van der Waals surface area contributed by atoms with Gasteiger partial charge in [-0.05, 0) is 23.6 Å². The zero-order valence-electron chi connectivity index (χ0n) is 11.2. The fourth-order valence-electron chi connectivity index (χ4n) is 0. The fraction of sp³-hybridized carbons (Fsp3) is 1.00. The molecule has 0 aromatic rings. The topological polar surface area (TPSA) is 121 Å².